The van der Waals surface area contributed by atoms with Gasteiger partial charge in [-0.2, -0.15) is 8.78 Å². The lowest BCUT2D eigenvalue weighted by Gasteiger charge is -2.39. The Hall–Kier alpha value is -5.83. The molecule has 0 radical (unpaired) electrons. The van der Waals surface area contributed by atoms with E-state index < -0.39 is 66.2 Å². The number of nitrogens with zero attached hydrogens (tertiary/aromatic N) is 3. The van der Waals surface area contributed by atoms with Crippen LogP contribution in [0.25, 0.3) is 6.08 Å². The Bertz CT molecular complexity index is 2700. The number of likely N-dealkylation sites (tertiary alicyclic amines) is 1. The molecule has 5 atom stereocenters. The molecular weight excluding hydrogens is 940 g/mol. The van der Waals surface area contributed by atoms with E-state index in [2.05, 4.69) is 22.5 Å². The van der Waals surface area contributed by atoms with Gasteiger partial charge in [0.15, 0.2) is 0 Å². The second kappa shape index (κ2) is 21.1. The number of hydrogen-bond acceptors (Lipinski definition) is 9. The van der Waals surface area contributed by atoms with Crippen LogP contribution in [0.4, 0.5) is 8.78 Å². The molecule has 3 fully saturated rings. The topological polar surface area (TPSA) is 212 Å². The molecule has 3 saturated heterocycles. The molecule has 2 aliphatic carbocycles. The zero-order valence-electron chi connectivity index (χ0n) is 40.1. The summed E-state index contributed by atoms with van der Waals surface area (Å²) in [5.41, 5.74) is -2.17. The SMILES string of the molecule is CC(C)(C)C(NC(=O)C1=Cc2cc(C(F)(F)P(=O)(O)O)ccc2C1)C(=O)N1C[C@@H](OCCCCCCC#Cc2cccc3c2CN(C2CCC(=O)NC2=O)C3=O)C[C@H]1C(=O)N1CCOC(C2=CC=CC2)C1. The highest BCUT2D eigenvalue weighted by atomic mass is 31.2. The maximum atomic E-state index is 14.8. The molecular formula is C52H60F2N5O11P. The van der Waals surface area contributed by atoms with Gasteiger partial charge in [-0.15, -0.1) is 0 Å². The summed E-state index contributed by atoms with van der Waals surface area (Å²) in [4.78, 5) is 104. The molecule has 0 bridgehead atoms. The van der Waals surface area contributed by atoms with Crippen molar-refractivity contribution in [2.75, 3.05) is 32.8 Å². The van der Waals surface area contributed by atoms with Gasteiger partial charge in [0.25, 0.3) is 5.91 Å². The second-order valence-corrected chi connectivity index (χ2v) is 21.7. The van der Waals surface area contributed by atoms with Crippen molar-refractivity contribution < 1.29 is 61.4 Å². The predicted octanol–water partition coefficient (Wildman–Crippen LogP) is 5.25. The molecule has 19 heteroatoms. The van der Waals surface area contributed by atoms with Gasteiger partial charge in [0.2, 0.25) is 29.5 Å². The van der Waals surface area contributed by atoms with Crippen LogP contribution in [0, 0.1) is 17.3 Å². The van der Waals surface area contributed by atoms with Gasteiger partial charge in [-0.05, 0) is 77.6 Å². The maximum Gasteiger partial charge on any atom is 0.399 e. The van der Waals surface area contributed by atoms with Crippen LogP contribution in [0.3, 0.4) is 0 Å². The lowest BCUT2D eigenvalue weighted by molar-refractivity contribution is -0.150. The number of unbranched alkanes of at least 4 members (excludes halogenated alkanes) is 4. The van der Waals surface area contributed by atoms with Gasteiger partial charge in [0.05, 0.1) is 25.4 Å². The number of nitrogens with one attached hydrogen (secondary N) is 2. The zero-order valence-corrected chi connectivity index (χ0v) is 41.0. The predicted molar refractivity (Wildman–Crippen MR) is 256 cm³/mol. The lowest BCUT2D eigenvalue weighted by atomic mass is 9.85. The molecule has 16 nitrogen and oxygen atoms in total. The monoisotopic (exact) mass is 999 g/mol. The number of halogens is 2. The quantitative estimate of drug-likeness (QED) is 0.0784. The number of alkyl halides is 2. The first-order chi connectivity index (χ1) is 33.7. The van der Waals surface area contributed by atoms with Crippen molar-refractivity contribution >= 4 is 49.1 Å². The number of fused-ring (bicyclic) bond motifs is 2. The van der Waals surface area contributed by atoms with Gasteiger partial charge < -0.3 is 39.3 Å². The number of ether oxygens (including phenoxy) is 2. The van der Waals surface area contributed by atoms with Crippen molar-refractivity contribution in [1.29, 1.82) is 0 Å². The van der Waals surface area contributed by atoms with E-state index in [-0.39, 0.29) is 73.7 Å². The summed E-state index contributed by atoms with van der Waals surface area (Å²) in [6.07, 6.45) is 12.0. The molecule has 6 amide bonds. The number of imide groups is 1. The Labute approximate surface area is 411 Å². The Morgan fingerprint density at radius 2 is 1.85 bits per heavy atom. The minimum Gasteiger partial charge on any atom is -0.376 e. The molecule has 8 rings (SSSR count). The van der Waals surface area contributed by atoms with Gasteiger partial charge in [0, 0.05) is 74.2 Å². The fourth-order valence-electron chi connectivity index (χ4n) is 10.0. The Balaban J connectivity index is 0.876. The third-order valence-electron chi connectivity index (χ3n) is 14.0. The van der Waals surface area contributed by atoms with E-state index in [1.807, 2.05) is 24.3 Å². The summed E-state index contributed by atoms with van der Waals surface area (Å²) >= 11 is 0. The van der Waals surface area contributed by atoms with Crippen LogP contribution >= 0.6 is 7.60 Å². The number of carbonyl (C=O) groups excluding carboxylic acids is 6. The number of carbonyl (C=O) groups is 6. The fraction of sp³-hybridized carbons (Fsp3) is 0.500. The summed E-state index contributed by atoms with van der Waals surface area (Å²) in [7, 11) is -5.82. The fourth-order valence-corrected chi connectivity index (χ4v) is 10.5. The van der Waals surface area contributed by atoms with Crippen LogP contribution in [0.2, 0.25) is 0 Å². The van der Waals surface area contributed by atoms with Crippen molar-refractivity contribution in [3.05, 3.63) is 99.2 Å². The lowest BCUT2D eigenvalue weighted by Crippen LogP contribution is -2.59. The molecule has 4 aliphatic heterocycles. The van der Waals surface area contributed by atoms with Crippen molar-refractivity contribution in [1.82, 2.24) is 25.3 Å². The van der Waals surface area contributed by atoms with E-state index in [4.69, 9.17) is 9.47 Å². The van der Waals surface area contributed by atoms with E-state index in [1.54, 1.807) is 37.8 Å². The molecule has 6 aliphatic rings. The average Bonchev–Trinajstić information content (AvgIpc) is 4.16. The number of rotatable bonds is 15. The van der Waals surface area contributed by atoms with Crippen molar-refractivity contribution in [3.63, 3.8) is 0 Å². The number of amides is 6. The highest BCUT2D eigenvalue weighted by Crippen LogP contribution is 2.59. The Kier molecular flexibility index (Phi) is 15.3. The third-order valence-corrected chi connectivity index (χ3v) is 15.0. The smallest absolute Gasteiger partial charge is 0.376 e. The zero-order chi connectivity index (χ0) is 50.8. The highest BCUT2D eigenvalue weighted by molar-refractivity contribution is 7.52. The minimum absolute atomic E-state index is 0.0411. The van der Waals surface area contributed by atoms with Crippen LogP contribution in [-0.2, 0) is 56.6 Å². The van der Waals surface area contributed by atoms with Crippen molar-refractivity contribution in [3.8, 4) is 11.8 Å². The standard InChI is InChI=1S/C52H60F2N5O11P/c1-51(2,3)45(56-46(61)36-25-34-18-19-37(27-35(34)26-36)52(53,54)71(66,67)68)50(65)58-29-38(28-42(58)49(64)57-22-24-70-43(31-57)33-14-9-10-15-33)69-23-11-7-5-4-6-8-13-32-16-12-17-39-40(32)30-59(48(39)63)41-20-21-44(60)55-47(41)62/h9-10,12,14,16-19,26-27,38,41-43,45H,4-7,11,15,20-25,28-31H2,1-3H3,(H,56,61)(H,55,60,62)(H2,66,67,68)/t38-,41?,42-,43?,45?/m0/s1. The third kappa shape index (κ3) is 11.3. The molecule has 0 saturated carbocycles. The van der Waals surface area contributed by atoms with Crippen LogP contribution < -0.4 is 10.6 Å². The van der Waals surface area contributed by atoms with E-state index in [0.717, 1.165) is 60.9 Å². The summed E-state index contributed by atoms with van der Waals surface area (Å²) in [5, 5.41) is 5.21. The van der Waals surface area contributed by atoms with E-state index in [1.165, 1.54) is 21.9 Å². The van der Waals surface area contributed by atoms with Crippen LogP contribution in [0.5, 0.6) is 0 Å². The summed E-state index contributed by atoms with van der Waals surface area (Å²) < 4.78 is 53.1. The molecule has 2 aromatic carbocycles. The molecule has 4 N–H and O–H groups in total. The average molecular weight is 1000 g/mol. The molecule has 0 spiro atoms. The minimum atomic E-state index is -5.82. The van der Waals surface area contributed by atoms with E-state index >= 15 is 0 Å². The first-order valence-corrected chi connectivity index (χ1v) is 25.8. The molecule has 0 aromatic heterocycles. The maximum absolute atomic E-state index is 14.8. The Morgan fingerprint density at radius 1 is 1.06 bits per heavy atom. The van der Waals surface area contributed by atoms with Crippen LogP contribution in [-0.4, -0.2) is 123 Å². The van der Waals surface area contributed by atoms with E-state index in [0.29, 0.717) is 43.9 Å². The first kappa shape index (κ1) is 51.5. The van der Waals surface area contributed by atoms with Gasteiger partial charge in [-0.3, -0.25) is 38.6 Å². The summed E-state index contributed by atoms with van der Waals surface area (Å²) in [6, 6.07) is 5.87. The largest absolute Gasteiger partial charge is 0.399 e. The number of allylic oxidation sites excluding steroid dienone is 3. The number of morpholine rings is 1. The number of hydrogen-bond donors (Lipinski definition) is 4. The van der Waals surface area contributed by atoms with Gasteiger partial charge >= 0.3 is 13.3 Å². The molecule has 4 heterocycles. The Morgan fingerprint density at radius 3 is 2.58 bits per heavy atom. The van der Waals surface area contributed by atoms with Crippen LogP contribution in [0.15, 0.2) is 65.8 Å². The first-order valence-electron chi connectivity index (χ1n) is 24.2. The molecule has 3 unspecified atom stereocenters. The highest BCUT2D eigenvalue weighted by Gasteiger charge is 2.51. The van der Waals surface area contributed by atoms with E-state index in [9.17, 15) is 51.9 Å². The molecule has 71 heavy (non-hydrogen) atoms. The number of piperidine rings is 1. The normalized spacial score (nSPS) is 22.6. The van der Waals surface area contributed by atoms with Gasteiger partial charge in [0.1, 0.15) is 18.1 Å². The second-order valence-electron chi connectivity index (χ2n) is 20.1. The van der Waals surface area contributed by atoms with Gasteiger partial charge in [-0.25, -0.2) is 0 Å². The summed E-state index contributed by atoms with van der Waals surface area (Å²) in [5.74, 6) is 4.08. The van der Waals surface area contributed by atoms with Crippen molar-refractivity contribution in [2.24, 2.45) is 5.41 Å². The van der Waals surface area contributed by atoms with Gasteiger partial charge in [-0.1, -0.05) is 81.9 Å². The molecule has 2 aromatic rings. The number of benzene rings is 2. The molecule has 378 valence electrons. The summed E-state index contributed by atoms with van der Waals surface area (Å²) in [6.45, 7) is 7.14. The van der Waals surface area contributed by atoms with Crippen molar-refractivity contribution in [2.45, 2.75) is 128 Å². The van der Waals surface area contributed by atoms with Crippen LogP contribution in [0.1, 0.15) is 117 Å².